The van der Waals surface area contributed by atoms with Crippen molar-refractivity contribution in [3.63, 3.8) is 0 Å². The second kappa shape index (κ2) is 5.52. The van der Waals surface area contributed by atoms with Gasteiger partial charge in [-0.25, -0.2) is 9.37 Å². The van der Waals surface area contributed by atoms with Crippen LogP contribution in [0.1, 0.15) is 35.0 Å². The molecule has 2 rings (SSSR count). The van der Waals surface area contributed by atoms with Crippen LogP contribution in [0, 0.1) is 12.7 Å². The molecule has 19 heavy (non-hydrogen) atoms. The third-order valence-electron chi connectivity index (χ3n) is 2.55. The van der Waals surface area contributed by atoms with Gasteiger partial charge >= 0.3 is 0 Å². The Balaban J connectivity index is 2.15. The molecule has 6 heteroatoms. The van der Waals surface area contributed by atoms with E-state index < -0.39 is 17.8 Å². The van der Waals surface area contributed by atoms with E-state index in [1.807, 2.05) is 0 Å². The lowest BCUT2D eigenvalue weighted by Crippen LogP contribution is -2.27. The fraction of sp³-hybridized carbons (Fsp3) is 0.231. The molecule has 0 spiro atoms. The molecule has 0 aliphatic heterocycles. The summed E-state index contributed by atoms with van der Waals surface area (Å²) < 4.78 is 19.3. The Morgan fingerprint density at radius 3 is 2.89 bits per heavy atom. The average Bonchev–Trinajstić information content (AvgIpc) is 2.79. The van der Waals surface area contributed by atoms with Gasteiger partial charge in [0.15, 0.2) is 0 Å². The molecule has 0 aliphatic rings. The average molecular weight is 327 g/mol. The maximum absolute atomic E-state index is 13.8. The van der Waals surface area contributed by atoms with Crippen LogP contribution in [0.4, 0.5) is 4.39 Å². The number of carbonyl (C=O) groups is 1. The van der Waals surface area contributed by atoms with E-state index in [4.69, 9.17) is 4.42 Å². The van der Waals surface area contributed by atoms with Crippen LogP contribution in [0.3, 0.4) is 0 Å². The van der Waals surface area contributed by atoms with Gasteiger partial charge in [-0.15, -0.1) is 0 Å². The zero-order valence-electron chi connectivity index (χ0n) is 10.4. The molecule has 2 aromatic rings. The number of aromatic nitrogens is 1. The summed E-state index contributed by atoms with van der Waals surface area (Å²) in [6.07, 6.45) is 1.57. The van der Waals surface area contributed by atoms with Crippen LogP contribution < -0.4 is 5.32 Å². The van der Waals surface area contributed by atoms with Crippen molar-refractivity contribution in [2.75, 3.05) is 0 Å². The highest BCUT2D eigenvalue weighted by atomic mass is 79.9. The summed E-state index contributed by atoms with van der Waals surface area (Å²) in [5.74, 6) is -0.0519. The zero-order chi connectivity index (χ0) is 14.0. The Bertz CT molecular complexity index is 612. The fourth-order valence-corrected chi connectivity index (χ4v) is 1.95. The van der Waals surface area contributed by atoms with Crippen LogP contribution >= 0.6 is 15.9 Å². The van der Waals surface area contributed by atoms with Crippen molar-refractivity contribution in [2.24, 2.45) is 0 Å². The first kappa shape index (κ1) is 13.7. The predicted molar refractivity (Wildman–Crippen MR) is 71.2 cm³/mol. The topological polar surface area (TPSA) is 55.1 Å². The molecule has 1 heterocycles. The highest BCUT2D eigenvalue weighted by Gasteiger charge is 2.18. The van der Waals surface area contributed by atoms with Crippen LogP contribution in [0.25, 0.3) is 0 Å². The van der Waals surface area contributed by atoms with E-state index in [1.165, 1.54) is 12.1 Å². The maximum Gasteiger partial charge on any atom is 0.254 e. The number of benzene rings is 1. The molecule has 0 fully saturated rings. The first-order chi connectivity index (χ1) is 8.99. The van der Waals surface area contributed by atoms with Crippen molar-refractivity contribution in [2.45, 2.75) is 19.9 Å². The summed E-state index contributed by atoms with van der Waals surface area (Å²) >= 11 is 3.04. The van der Waals surface area contributed by atoms with Crippen molar-refractivity contribution < 1.29 is 13.6 Å². The van der Waals surface area contributed by atoms with Crippen LogP contribution in [-0.4, -0.2) is 10.9 Å². The second-order valence-electron chi connectivity index (χ2n) is 4.11. The molecule has 1 aromatic heterocycles. The van der Waals surface area contributed by atoms with Crippen LogP contribution in [0.5, 0.6) is 0 Å². The van der Waals surface area contributed by atoms with Gasteiger partial charge in [-0.2, -0.15) is 0 Å². The standard InChI is InChI=1S/C13H12BrFN2O2/c1-7-6-16-13(19-7)8(2)17-12(18)9-4-3-5-10(14)11(9)15/h3-6,8H,1-2H3,(H,17,18). The number of halogens is 2. The van der Waals surface area contributed by atoms with Gasteiger partial charge in [0, 0.05) is 0 Å². The highest BCUT2D eigenvalue weighted by molar-refractivity contribution is 9.10. The molecule has 1 amide bonds. The molecule has 1 aromatic carbocycles. The third-order valence-corrected chi connectivity index (χ3v) is 3.17. The van der Waals surface area contributed by atoms with Gasteiger partial charge in [0.1, 0.15) is 17.6 Å². The normalized spacial score (nSPS) is 12.2. The summed E-state index contributed by atoms with van der Waals surface area (Å²) in [5.41, 5.74) is -0.0236. The Morgan fingerprint density at radius 1 is 1.53 bits per heavy atom. The molecule has 1 unspecified atom stereocenters. The largest absolute Gasteiger partial charge is 0.444 e. The molecular weight excluding hydrogens is 315 g/mol. The van der Waals surface area contributed by atoms with Gasteiger partial charge < -0.3 is 9.73 Å². The molecule has 0 saturated carbocycles. The predicted octanol–water partition coefficient (Wildman–Crippen LogP) is 3.38. The molecule has 1 atom stereocenters. The van der Waals surface area contributed by atoms with Crippen molar-refractivity contribution in [1.29, 1.82) is 0 Å². The second-order valence-corrected chi connectivity index (χ2v) is 4.96. The van der Waals surface area contributed by atoms with Crippen LogP contribution in [0.2, 0.25) is 0 Å². The monoisotopic (exact) mass is 326 g/mol. The van der Waals surface area contributed by atoms with E-state index in [0.29, 0.717) is 11.7 Å². The number of oxazole rings is 1. The summed E-state index contributed by atoms with van der Waals surface area (Å²) in [5, 5.41) is 2.64. The van der Waals surface area contributed by atoms with Crippen LogP contribution in [0.15, 0.2) is 33.3 Å². The van der Waals surface area contributed by atoms with Gasteiger partial charge in [0.2, 0.25) is 5.89 Å². The number of nitrogens with one attached hydrogen (secondary N) is 1. The quantitative estimate of drug-likeness (QED) is 0.940. The lowest BCUT2D eigenvalue weighted by Gasteiger charge is -2.11. The van der Waals surface area contributed by atoms with Gasteiger partial charge in [-0.05, 0) is 41.9 Å². The Kier molecular flexibility index (Phi) is 3.99. The highest BCUT2D eigenvalue weighted by Crippen LogP contribution is 2.19. The molecule has 4 nitrogen and oxygen atoms in total. The van der Waals surface area contributed by atoms with Crippen molar-refractivity contribution in [3.05, 3.63) is 51.9 Å². The summed E-state index contributed by atoms with van der Waals surface area (Å²) in [7, 11) is 0. The number of aryl methyl sites for hydroxylation is 1. The van der Waals surface area contributed by atoms with Crippen molar-refractivity contribution in [3.8, 4) is 0 Å². The van der Waals surface area contributed by atoms with E-state index in [9.17, 15) is 9.18 Å². The van der Waals surface area contributed by atoms with Gasteiger partial charge in [0.25, 0.3) is 5.91 Å². The molecule has 0 radical (unpaired) electrons. The lowest BCUT2D eigenvalue weighted by molar-refractivity contribution is 0.0929. The Labute approximate surface area is 118 Å². The minimum Gasteiger partial charge on any atom is -0.444 e. The van der Waals surface area contributed by atoms with E-state index in [-0.39, 0.29) is 10.0 Å². The number of nitrogens with zero attached hydrogens (tertiary/aromatic N) is 1. The number of hydrogen-bond donors (Lipinski definition) is 1. The van der Waals surface area contributed by atoms with Crippen molar-refractivity contribution >= 4 is 21.8 Å². The summed E-state index contributed by atoms with van der Waals surface area (Å²) in [6.45, 7) is 3.48. The first-order valence-electron chi connectivity index (χ1n) is 5.66. The Morgan fingerprint density at radius 2 is 2.26 bits per heavy atom. The zero-order valence-corrected chi connectivity index (χ0v) is 12.0. The van der Waals surface area contributed by atoms with Crippen molar-refractivity contribution in [1.82, 2.24) is 10.3 Å². The molecule has 0 aliphatic carbocycles. The third kappa shape index (κ3) is 3.01. The van der Waals surface area contributed by atoms with E-state index >= 15 is 0 Å². The number of amides is 1. The molecule has 1 N–H and O–H groups in total. The van der Waals surface area contributed by atoms with Gasteiger partial charge in [-0.3, -0.25) is 4.79 Å². The van der Waals surface area contributed by atoms with Gasteiger partial charge in [-0.1, -0.05) is 6.07 Å². The molecule has 0 saturated heterocycles. The first-order valence-corrected chi connectivity index (χ1v) is 6.45. The smallest absolute Gasteiger partial charge is 0.254 e. The summed E-state index contributed by atoms with van der Waals surface area (Å²) in [6, 6.07) is 4.12. The Hall–Kier alpha value is -1.69. The molecule has 100 valence electrons. The maximum atomic E-state index is 13.8. The SMILES string of the molecule is Cc1cnc(C(C)NC(=O)c2cccc(Br)c2F)o1. The van der Waals surface area contributed by atoms with Crippen LogP contribution in [-0.2, 0) is 0 Å². The van der Waals surface area contributed by atoms with E-state index in [2.05, 4.69) is 26.2 Å². The number of rotatable bonds is 3. The van der Waals surface area contributed by atoms with E-state index in [0.717, 1.165) is 0 Å². The fourth-order valence-electron chi connectivity index (χ4n) is 1.59. The minimum absolute atomic E-state index is 0.0236. The minimum atomic E-state index is -0.587. The van der Waals surface area contributed by atoms with Gasteiger partial charge in [0.05, 0.1) is 16.2 Å². The summed E-state index contributed by atoms with van der Waals surface area (Å²) in [4.78, 5) is 16.0. The molecule has 0 bridgehead atoms. The lowest BCUT2D eigenvalue weighted by atomic mass is 10.2. The number of hydrogen-bond acceptors (Lipinski definition) is 3. The van der Waals surface area contributed by atoms with E-state index in [1.54, 1.807) is 26.1 Å². The molecular formula is C13H12BrFN2O2. The number of carbonyl (C=O) groups excluding carboxylic acids is 1.